The molecule has 0 aliphatic carbocycles. The molecule has 3 aromatic carbocycles. The lowest BCUT2D eigenvalue weighted by Gasteiger charge is -2.34. The number of para-hydroxylation sites is 1. The van der Waals surface area contributed by atoms with Crippen LogP contribution in [0.25, 0.3) is 0 Å². The number of halogens is 2. The van der Waals surface area contributed by atoms with E-state index in [-0.39, 0.29) is 24.9 Å². The summed E-state index contributed by atoms with van der Waals surface area (Å²) in [6, 6.07) is 22.9. The highest BCUT2D eigenvalue weighted by molar-refractivity contribution is 9.10. The molecule has 2 amide bonds. The Balaban J connectivity index is 2.07. The van der Waals surface area contributed by atoms with Crippen molar-refractivity contribution in [1.82, 2.24) is 10.2 Å². The minimum atomic E-state index is -3.83. The standard InChI is InChI=1S/C29H33Br2N3O4S/c1-4-21(2)32-29(36)27(18-22-11-6-5-7-12-22)33(19-23-13-10-14-24(30)17-23)28(35)20-34(39(3,37)38)26-16-9-8-15-25(26)31/h5-17,21,27H,4,18-20H2,1-3H3,(H,32,36). The van der Waals surface area contributed by atoms with Crippen LogP contribution >= 0.6 is 31.9 Å². The van der Waals surface area contributed by atoms with Gasteiger partial charge in [-0.1, -0.05) is 77.5 Å². The van der Waals surface area contributed by atoms with E-state index >= 15 is 0 Å². The summed E-state index contributed by atoms with van der Waals surface area (Å²) in [5.74, 6) is -0.778. The first kappa shape index (κ1) is 30.8. The third kappa shape index (κ3) is 8.91. The molecule has 0 aliphatic rings. The van der Waals surface area contributed by atoms with Crippen molar-refractivity contribution < 1.29 is 18.0 Å². The highest BCUT2D eigenvalue weighted by Gasteiger charge is 2.33. The van der Waals surface area contributed by atoms with Gasteiger partial charge >= 0.3 is 0 Å². The fourth-order valence-corrected chi connectivity index (χ4v) is 6.00. The lowest BCUT2D eigenvalue weighted by Crippen LogP contribution is -2.54. The molecule has 0 bridgehead atoms. The summed E-state index contributed by atoms with van der Waals surface area (Å²) in [6.45, 7) is 3.55. The predicted octanol–water partition coefficient (Wildman–Crippen LogP) is 5.53. The SMILES string of the molecule is CCC(C)NC(=O)C(Cc1ccccc1)N(Cc1cccc(Br)c1)C(=O)CN(c1ccccc1Br)S(C)(=O)=O. The first-order chi connectivity index (χ1) is 18.5. The summed E-state index contributed by atoms with van der Waals surface area (Å²) in [6.07, 6.45) is 2.07. The van der Waals surface area contributed by atoms with E-state index in [1.165, 1.54) is 4.90 Å². The van der Waals surface area contributed by atoms with Crippen LogP contribution in [0.4, 0.5) is 5.69 Å². The average molecular weight is 679 g/mol. The first-order valence-electron chi connectivity index (χ1n) is 12.6. The largest absolute Gasteiger partial charge is 0.352 e. The van der Waals surface area contributed by atoms with Gasteiger partial charge in [0.25, 0.3) is 0 Å². The molecule has 3 rings (SSSR count). The number of anilines is 1. The van der Waals surface area contributed by atoms with Gasteiger partial charge in [0, 0.05) is 28.0 Å². The van der Waals surface area contributed by atoms with Crippen LogP contribution in [0.3, 0.4) is 0 Å². The molecule has 0 saturated carbocycles. The fraction of sp³-hybridized carbons (Fsp3) is 0.310. The Labute approximate surface area is 247 Å². The highest BCUT2D eigenvalue weighted by atomic mass is 79.9. The second-order valence-corrected chi connectivity index (χ2v) is 13.1. The van der Waals surface area contributed by atoms with Crippen LogP contribution in [0.2, 0.25) is 0 Å². The average Bonchev–Trinajstić information content (AvgIpc) is 2.89. The molecule has 0 aliphatic heterocycles. The van der Waals surface area contributed by atoms with Crippen LogP contribution in [0, 0.1) is 0 Å². The Bertz CT molecular complexity index is 1390. The van der Waals surface area contributed by atoms with Crippen molar-refractivity contribution >= 4 is 59.4 Å². The lowest BCUT2D eigenvalue weighted by atomic mass is 10.0. The first-order valence-corrected chi connectivity index (χ1v) is 16.0. The molecule has 2 unspecified atom stereocenters. The molecule has 7 nitrogen and oxygen atoms in total. The highest BCUT2D eigenvalue weighted by Crippen LogP contribution is 2.28. The molecule has 2 atom stereocenters. The summed E-state index contributed by atoms with van der Waals surface area (Å²) in [5, 5.41) is 3.03. The maximum Gasteiger partial charge on any atom is 0.244 e. The zero-order valence-corrected chi connectivity index (χ0v) is 26.2. The maximum absolute atomic E-state index is 14.1. The molecule has 0 saturated heterocycles. The third-order valence-corrected chi connectivity index (χ3v) is 8.60. The lowest BCUT2D eigenvalue weighted by molar-refractivity contribution is -0.140. The van der Waals surface area contributed by atoms with Gasteiger partial charge in [0.2, 0.25) is 21.8 Å². The van der Waals surface area contributed by atoms with Crippen molar-refractivity contribution in [1.29, 1.82) is 0 Å². The number of carbonyl (C=O) groups excluding carboxylic acids is 2. The Hall–Kier alpha value is -2.69. The van der Waals surface area contributed by atoms with Gasteiger partial charge in [-0.15, -0.1) is 0 Å². The van der Waals surface area contributed by atoms with Gasteiger partial charge in [-0.2, -0.15) is 0 Å². The Morgan fingerprint density at radius 1 is 0.923 bits per heavy atom. The van der Waals surface area contributed by atoms with Crippen molar-refractivity contribution in [2.45, 2.75) is 45.3 Å². The van der Waals surface area contributed by atoms with E-state index in [9.17, 15) is 18.0 Å². The molecule has 39 heavy (non-hydrogen) atoms. The summed E-state index contributed by atoms with van der Waals surface area (Å²) < 4.78 is 28.2. The smallest absolute Gasteiger partial charge is 0.244 e. The molecule has 0 radical (unpaired) electrons. The number of amides is 2. The van der Waals surface area contributed by atoms with Crippen molar-refractivity contribution in [3.8, 4) is 0 Å². The molecule has 3 aromatic rings. The predicted molar refractivity (Wildman–Crippen MR) is 163 cm³/mol. The van der Waals surface area contributed by atoms with Crippen LogP contribution in [-0.2, 0) is 32.6 Å². The van der Waals surface area contributed by atoms with Gasteiger partial charge in [-0.3, -0.25) is 13.9 Å². The van der Waals surface area contributed by atoms with E-state index in [0.717, 1.165) is 32.6 Å². The van der Waals surface area contributed by atoms with E-state index in [1.807, 2.05) is 68.4 Å². The van der Waals surface area contributed by atoms with Gasteiger partial charge in [-0.05, 0) is 64.7 Å². The number of sulfonamides is 1. The van der Waals surface area contributed by atoms with E-state index in [2.05, 4.69) is 37.2 Å². The van der Waals surface area contributed by atoms with Crippen molar-refractivity contribution in [2.24, 2.45) is 0 Å². The van der Waals surface area contributed by atoms with Gasteiger partial charge in [0.1, 0.15) is 12.6 Å². The van der Waals surface area contributed by atoms with E-state index in [4.69, 9.17) is 0 Å². The van der Waals surface area contributed by atoms with Crippen LogP contribution in [0.1, 0.15) is 31.4 Å². The Kier molecular flexibility index (Phi) is 11.1. The number of nitrogens with one attached hydrogen (secondary N) is 1. The molecule has 0 fully saturated rings. The van der Waals surface area contributed by atoms with E-state index in [0.29, 0.717) is 10.2 Å². The molecule has 208 valence electrons. The topological polar surface area (TPSA) is 86.8 Å². The number of rotatable bonds is 12. The van der Waals surface area contributed by atoms with Gasteiger partial charge in [0.05, 0.1) is 11.9 Å². The fourth-order valence-electron chi connectivity index (χ4n) is 4.08. The van der Waals surface area contributed by atoms with E-state index < -0.39 is 28.5 Å². The van der Waals surface area contributed by atoms with Crippen molar-refractivity contribution in [3.63, 3.8) is 0 Å². The van der Waals surface area contributed by atoms with Gasteiger partial charge in [-0.25, -0.2) is 8.42 Å². The summed E-state index contributed by atoms with van der Waals surface area (Å²) in [4.78, 5) is 29.2. The van der Waals surface area contributed by atoms with Gasteiger partial charge in [0.15, 0.2) is 0 Å². The monoisotopic (exact) mass is 677 g/mol. The quantitative estimate of drug-likeness (QED) is 0.273. The Morgan fingerprint density at radius 2 is 1.56 bits per heavy atom. The van der Waals surface area contributed by atoms with Gasteiger partial charge < -0.3 is 10.2 Å². The normalized spacial score (nSPS) is 12.8. The molecular weight excluding hydrogens is 646 g/mol. The van der Waals surface area contributed by atoms with Crippen molar-refractivity contribution in [2.75, 3.05) is 17.1 Å². The Morgan fingerprint density at radius 3 is 2.18 bits per heavy atom. The molecule has 0 heterocycles. The summed E-state index contributed by atoms with van der Waals surface area (Å²) >= 11 is 6.89. The number of hydrogen-bond donors (Lipinski definition) is 1. The van der Waals surface area contributed by atoms with E-state index in [1.54, 1.807) is 24.3 Å². The van der Waals surface area contributed by atoms with Crippen LogP contribution in [-0.4, -0.2) is 50.0 Å². The minimum Gasteiger partial charge on any atom is -0.352 e. The maximum atomic E-state index is 14.1. The second-order valence-electron chi connectivity index (χ2n) is 9.40. The minimum absolute atomic E-state index is 0.0913. The second kappa shape index (κ2) is 14.1. The number of nitrogens with zero attached hydrogens (tertiary/aromatic N) is 2. The zero-order valence-electron chi connectivity index (χ0n) is 22.2. The number of carbonyl (C=O) groups is 2. The van der Waals surface area contributed by atoms with Crippen molar-refractivity contribution in [3.05, 3.63) is 98.9 Å². The van der Waals surface area contributed by atoms with Crippen LogP contribution < -0.4 is 9.62 Å². The molecule has 1 N–H and O–H groups in total. The third-order valence-electron chi connectivity index (χ3n) is 6.31. The van der Waals surface area contributed by atoms with Crippen LogP contribution in [0.15, 0.2) is 87.8 Å². The molecule has 0 aromatic heterocycles. The van der Waals surface area contributed by atoms with Crippen LogP contribution in [0.5, 0.6) is 0 Å². The summed E-state index contributed by atoms with van der Waals surface area (Å²) in [5.41, 5.74) is 2.04. The molecular formula is C29H33Br2N3O4S. The number of hydrogen-bond acceptors (Lipinski definition) is 4. The molecule has 0 spiro atoms. The molecule has 10 heteroatoms. The summed E-state index contributed by atoms with van der Waals surface area (Å²) in [7, 11) is -3.83. The zero-order chi connectivity index (χ0) is 28.6. The number of benzene rings is 3.